The van der Waals surface area contributed by atoms with E-state index in [1.54, 1.807) is 4.90 Å². The van der Waals surface area contributed by atoms with Crippen LogP contribution in [0.5, 0.6) is 5.75 Å². The number of likely N-dealkylation sites (tertiary alicyclic amines) is 1. The Kier molecular flexibility index (Phi) is 3.98. The summed E-state index contributed by atoms with van der Waals surface area (Å²) in [5.74, 6) is -0.182. The topological polar surface area (TPSA) is 67.9 Å². The third-order valence-corrected chi connectivity index (χ3v) is 3.96. The van der Waals surface area contributed by atoms with Gasteiger partial charge in [0.15, 0.2) is 6.61 Å². The Labute approximate surface area is 127 Å². The molecule has 118 valence electrons. The quantitative estimate of drug-likeness (QED) is 0.873. The van der Waals surface area contributed by atoms with Gasteiger partial charge in [0, 0.05) is 13.1 Å². The van der Waals surface area contributed by atoms with Crippen molar-refractivity contribution >= 4 is 11.8 Å². The molecular formula is C15H17FN2O4. The Morgan fingerprint density at radius 3 is 2.86 bits per heavy atom. The van der Waals surface area contributed by atoms with E-state index in [1.807, 2.05) is 0 Å². The van der Waals surface area contributed by atoms with Gasteiger partial charge in [0.05, 0.1) is 6.54 Å². The Bertz CT molecular complexity index is 565. The van der Waals surface area contributed by atoms with Crippen LogP contribution in [0, 0.1) is 5.82 Å². The van der Waals surface area contributed by atoms with E-state index < -0.39 is 5.60 Å². The molecule has 2 aliphatic heterocycles. The van der Waals surface area contributed by atoms with E-state index in [-0.39, 0.29) is 30.8 Å². The van der Waals surface area contributed by atoms with Crippen LogP contribution in [0.25, 0.3) is 0 Å². The second-order valence-electron chi connectivity index (χ2n) is 5.56. The molecule has 2 heterocycles. The molecular weight excluding hydrogens is 291 g/mol. The van der Waals surface area contributed by atoms with Crippen LogP contribution < -0.4 is 10.1 Å². The molecule has 22 heavy (non-hydrogen) atoms. The molecule has 0 radical (unpaired) electrons. The van der Waals surface area contributed by atoms with E-state index in [9.17, 15) is 14.0 Å². The summed E-state index contributed by atoms with van der Waals surface area (Å²) in [5, 5.41) is 2.77. The number of morpholine rings is 1. The number of halogens is 1. The van der Waals surface area contributed by atoms with Gasteiger partial charge in [-0.1, -0.05) is 0 Å². The van der Waals surface area contributed by atoms with Gasteiger partial charge < -0.3 is 19.7 Å². The Morgan fingerprint density at radius 1 is 1.41 bits per heavy atom. The lowest BCUT2D eigenvalue weighted by Gasteiger charge is -2.33. The summed E-state index contributed by atoms with van der Waals surface area (Å²) in [4.78, 5) is 25.0. The molecule has 1 aromatic carbocycles. The van der Waals surface area contributed by atoms with Gasteiger partial charge in [0.25, 0.3) is 5.91 Å². The summed E-state index contributed by atoms with van der Waals surface area (Å²) < 4.78 is 23.8. The van der Waals surface area contributed by atoms with Gasteiger partial charge in [-0.2, -0.15) is 0 Å². The van der Waals surface area contributed by atoms with Gasteiger partial charge in [-0.15, -0.1) is 0 Å². The first-order chi connectivity index (χ1) is 10.6. The minimum atomic E-state index is -0.473. The monoisotopic (exact) mass is 308 g/mol. The molecule has 1 unspecified atom stereocenters. The summed E-state index contributed by atoms with van der Waals surface area (Å²) in [7, 11) is 0. The van der Waals surface area contributed by atoms with E-state index in [1.165, 1.54) is 24.3 Å². The Hall–Kier alpha value is -2.15. The van der Waals surface area contributed by atoms with Gasteiger partial charge >= 0.3 is 0 Å². The van der Waals surface area contributed by atoms with Gasteiger partial charge in [0.1, 0.15) is 23.8 Å². The molecule has 0 aliphatic carbocycles. The van der Waals surface area contributed by atoms with Crippen molar-refractivity contribution in [2.75, 3.05) is 32.8 Å². The smallest absolute Gasteiger partial charge is 0.260 e. The van der Waals surface area contributed by atoms with Crippen LogP contribution in [-0.4, -0.2) is 55.2 Å². The minimum Gasteiger partial charge on any atom is -0.484 e. The molecule has 1 spiro atoms. The molecule has 0 saturated carbocycles. The minimum absolute atomic E-state index is 0.0358. The van der Waals surface area contributed by atoms with Crippen LogP contribution in [0.1, 0.15) is 6.42 Å². The van der Waals surface area contributed by atoms with Crippen molar-refractivity contribution in [3.8, 4) is 5.75 Å². The third kappa shape index (κ3) is 3.19. The van der Waals surface area contributed by atoms with E-state index in [2.05, 4.69) is 5.32 Å². The fraction of sp³-hybridized carbons (Fsp3) is 0.467. The van der Waals surface area contributed by atoms with Crippen molar-refractivity contribution in [3.63, 3.8) is 0 Å². The molecule has 1 aromatic rings. The number of nitrogens with one attached hydrogen (secondary N) is 1. The normalized spacial score (nSPS) is 24.4. The van der Waals surface area contributed by atoms with Gasteiger partial charge in [-0.3, -0.25) is 9.59 Å². The van der Waals surface area contributed by atoms with Gasteiger partial charge in [-0.25, -0.2) is 4.39 Å². The fourth-order valence-corrected chi connectivity index (χ4v) is 2.67. The second kappa shape index (κ2) is 5.92. The Balaban J connectivity index is 1.51. The van der Waals surface area contributed by atoms with Crippen LogP contribution in [0.2, 0.25) is 0 Å². The lowest BCUT2D eigenvalue weighted by molar-refractivity contribution is -0.143. The molecule has 6 nitrogen and oxygen atoms in total. The summed E-state index contributed by atoms with van der Waals surface area (Å²) in [6, 6.07) is 5.52. The highest BCUT2D eigenvalue weighted by molar-refractivity contribution is 5.79. The average Bonchev–Trinajstić information content (AvgIpc) is 2.94. The first kappa shape index (κ1) is 14.8. The largest absolute Gasteiger partial charge is 0.484 e. The fourth-order valence-electron chi connectivity index (χ4n) is 2.67. The van der Waals surface area contributed by atoms with Crippen LogP contribution in [-0.2, 0) is 14.3 Å². The van der Waals surface area contributed by atoms with E-state index >= 15 is 0 Å². The maximum atomic E-state index is 12.8. The molecule has 1 N–H and O–H groups in total. The van der Waals surface area contributed by atoms with E-state index in [0.29, 0.717) is 31.8 Å². The number of amides is 2. The van der Waals surface area contributed by atoms with Crippen LogP contribution >= 0.6 is 0 Å². The van der Waals surface area contributed by atoms with Crippen molar-refractivity contribution < 1.29 is 23.5 Å². The van der Waals surface area contributed by atoms with Crippen LogP contribution in [0.3, 0.4) is 0 Å². The van der Waals surface area contributed by atoms with Crippen molar-refractivity contribution in [2.24, 2.45) is 0 Å². The van der Waals surface area contributed by atoms with Crippen molar-refractivity contribution in [3.05, 3.63) is 30.1 Å². The molecule has 1 atom stereocenters. The molecule has 2 aliphatic rings. The van der Waals surface area contributed by atoms with E-state index in [0.717, 1.165) is 0 Å². The number of benzene rings is 1. The van der Waals surface area contributed by atoms with Crippen molar-refractivity contribution in [1.29, 1.82) is 0 Å². The van der Waals surface area contributed by atoms with E-state index in [4.69, 9.17) is 9.47 Å². The summed E-state index contributed by atoms with van der Waals surface area (Å²) >= 11 is 0. The molecule has 2 fully saturated rings. The summed E-state index contributed by atoms with van der Waals surface area (Å²) in [5.41, 5.74) is -0.473. The first-order valence-electron chi connectivity index (χ1n) is 7.13. The average molecular weight is 308 g/mol. The third-order valence-electron chi connectivity index (χ3n) is 3.96. The highest BCUT2D eigenvalue weighted by Gasteiger charge is 2.43. The Morgan fingerprint density at radius 2 is 2.18 bits per heavy atom. The number of ether oxygens (including phenoxy) is 2. The number of carbonyl (C=O) groups is 2. The molecule has 0 aromatic heterocycles. The number of carbonyl (C=O) groups excluding carboxylic acids is 2. The second-order valence-corrected chi connectivity index (χ2v) is 5.56. The molecule has 0 bridgehead atoms. The summed E-state index contributed by atoms with van der Waals surface area (Å²) in [6.07, 6.45) is 0.690. The highest BCUT2D eigenvalue weighted by Crippen LogP contribution is 2.26. The molecule has 3 rings (SSSR count). The van der Waals surface area contributed by atoms with Gasteiger partial charge in [0.2, 0.25) is 5.91 Å². The summed E-state index contributed by atoms with van der Waals surface area (Å²) in [6.45, 7) is 1.37. The molecule has 2 saturated heterocycles. The SMILES string of the molecule is O=C1COC2(CCN(C(=O)COc3ccc(F)cc3)C2)CN1. The highest BCUT2D eigenvalue weighted by atomic mass is 19.1. The zero-order valence-corrected chi connectivity index (χ0v) is 12.0. The lowest BCUT2D eigenvalue weighted by Crippen LogP contribution is -2.54. The number of nitrogens with zero attached hydrogens (tertiary/aromatic N) is 1. The zero-order chi connectivity index (χ0) is 15.6. The van der Waals surface area contributed by atoms with Gasteiger partial charge in [-0.05, 0) is 30.7 Å². The number of hydrogen-bond acceptors (Lipinski definition) is 4. The maximum absolute atomic E-state index is 12.8. The van der Waals surface area contributed by atoms with Crippen molar-refractivity contribution in [2.45, 2.75) is 12.0 Å². The first-order valence-corrected chi connectivity index (χ1v) is 7.13. The predicted octanol–water partition coefficient (Wildman–Crippen LogP) is 0.322. The number of hydrogen-bond donors (Lipinski definition) is 1. The molecule has 2 amide bonds. The zero-order valence-electron chi connectivity index (χ0n) is 12.0. The predicted molar refractivity (Wildman–Crippen MR) is 74.8 cm³/mol. The van der Waals surface area contributed by atoms with Crippen LogP contribution in [0.15, 0.2) is 24.3 Å². The van der Waals surface area contributed by atoms with Crippen molar-refractivity contribution in [1.82, 2.24) is 10.2 Å². The number of rotatable bonds is 3. The molecule has 7 heteroatoms. The maximum Gasteiger partial charge on any atom is 0.260 e. The van der Waals surface area contributed by atoms with Crippen LogP contribution in [0.4, 0.5) is 4.39 Å². The standard InChI is InChI=1S/C15H17FN2O4/c16-11-1-3-12(4-2-11)21-8-14(20)18-6-5-15(10-18)9-17-13(19)7-22-15/h1-4H,5-10H2,(H,17,19). The lowest BCUT2D eigenvalue weighted by atomic mass is 10.0.